The van der Waals surface area contributed by atoms with Crippen LogP contribution < -0.4 is 16.4 Å². The number of thiophene rings is 1. The Morgan fingerprint density at radius 2 is 2.12 bits per heavy atom. The van der Waals surface area contributed by atoms with E-state index in [9.17, 15) is 4.79 Å². The molecule has 0 radical (unpaired) electrons. The predicted molar refractivity (Wildman–Crippen MR) is 98.0 cm³/mol. The minimum absolute atomic E-state index is 0.129. The summed E-state index contributed by atoms with van der Waals surface area (Å²) in [6.07, 6.45) is 5.76. The third kappa shape index (κ3) is 3.94. The van der Waals surface area contributed by atoms with Crippen LogP contribution in [0.3, 0.4) is 0 Å². The topological polar surface area (TPSA) is 93.2 Å². The van der Waals surface area contributed by atoms with Crippen LogP contribution in [0.2, 0.25) is 0 Å². The second kappa shape index (κ2) is 6.90. The number of rotatable bonds is 5. The van der Waals surface area contributed by atoms with E-state index in [0.717, 1.165) is 19.3 Å². The number of hydrogen-bond donors (Lipinski definition) is 3. The number of hydrogen-bond acceptors (Lipinski definition) is 6. The van der Waals surface area contributed by atoms with Crippen molar-refractivity contribution in [3.63, 3.8) is 0 Å². The van der Waals surface area contributed by atoms with E-state index in [1.807, 2.05) is 6.07 Å². The van der Waals surface area contributed by atoms with E-state index in [0.29, 0.717) is 40.5 Å². The summed E-state index contributed by atoms with van der Waals surface area (Å²) in [5.41, 5.74) is 7.24. The first-order valence-corrected chi connectivity index (χ1v) is 9.81. The molecule has 2 aliphatic rings. The maximum atomic E-state index is 12.3. The van der Waals surface area contributed by atoms with Crippen LogP contribution in [0.25, 0.3) is 0 Å². The van der Waals surface area contributed by atoms with Crippen LogP contribution in [0.4, 0.5) is 5.82 Å². The smallest absolute Gasteiger partial charge is 0.266 e. The average Bonchev–Trinajstić information content (AvgIpc) is 2.99. The normalized spacial score (nSPS) is 28.7. The van der Waals surface area contributed by atoms with Crippen molar-refractivity contribution in [3.05, 3.63) is 33.7 Å². The molecule has 1 amide bonds. The number of aryl methyl sites for hydroxylation is 1. The lowest BCUT2D eigenvalue weighted by atomic mass is 9.92. The standard InChI is InChI=1S/C18H24N4O2S/c1-10-6-17(22-24-10)21-18(23)16-7-11(9-25-16)14-8-15(14)20-13-4-2-12(19)3-5-13/h6-7,9,12-15,20H,2-5,8,19H2,1H3,(H,21,22,23). The molecule has 0 bridgehead atoms. The van der Waals surface area contributed by atoms with Crippen LogP contribution in [-0.4, -0.2) is 29.2 Å². The molecule has 4 rings (SSSR count). The van der Waals surface area contributed by atoms with Crippen LogP contribution in [0.15, 0.2) is 22.0 Å². The Kier molecular flexibility index (Phi) is 4.62. The molecule has 2 aromatic heterocycles. The van der Waals surface area contributed by atoms with Crippen molar-refractivity contribution in [3.8, 4) is 0 Å². The summed E-state index contributed by atoms with van der Waals surface area (Å²) in [5.74, 6) is 1.54. The summed E-state index contributed by atoms with van der Waals surface area (Å²) in [4.78, 5) is 13.0. The first kappa shape index (κ1) is 16.8. The first-order valence-electron chi connectivity index (χ1n) is 8.93. The summed E-state index contributed by atoms with van der Waals surface area (Å²) in [5, 5.41) is 12.4. The van der Waals surface area contributed by atoms with E-state index in [-0.39, 0.29) is 5.91 Å². The maximum absolute atomic E-state index is 12.3. The predicted octanol–water partition coefficient (Wildman–Crippen LogP) is 3.01. The van der Waals surface area contributed by atoms with Gasteiger partial charge in [0, 0.05) is 30.1 Å². The monoisotopic (exact) mass is 360 g/mol. The molecule has 2 unspecified atom stereocenters. The number of anilines is 1. The molecule has 2 fully saturated rings. The zero-order valence-corrected chi connectivity index (χ0v) is 15.1. The van der Waals surface area contributed by atoms with Gasteiger partial charge in [0.25, 0.3) is 5.91 Å². The Balaban J connectivity index is 1.30. The van der Waals surface area contributed by atoms with Crippen molar-refractivity contribution in [1.29, 1.82) is 0 Å². The lowest BCUT2D eigenvalue weighted by Gasteiger charge is -2.27. The van der Waals surface area contributed by atoms with Crippen LogP contribution >= 0.6 is 11.3 Å². The summed E-state index contributed by atoms with van der Waals surface area (Å²) in [6, 6.07) is 5.26. The van der Waals surface area contributed by atoms with Gasteiger partial charge >= 0.3 is 0 Å². The fourth-order valence-electron chi connectivity index (χ4n) is 3.60. The van der Waals surface area contributed by atoms with Gasteiger partial charge in [-0.2, -0.15) is 0 Å². The van der Waals surface area contributed by atoms with Gasteiger partial charge in [-0.25, -0.2) is 0 Å². The van der Waals surface area contributed by atoms with Crippen LogP contribution in [0.5, 0.6) is 0 Å². The van der Waals surface area contributed by atoms with Gasteiger partial charge in [0.05, 0.1) is 4.88 Å². The highest BCUT2D eigenvalue weighted by Gasteiger charge is 2.40. The molecule has 2 aromatic rings. The van der Waals surface area contributed by atoms with E-state index < -0.39 is 0 Å². The molecular formula is C18H24N4O2S. The molecule has 2 aliphatic carbocycles. The number of carbonyl (C=O) groups is 1. The van der Waals surface area contributed by atoms with Gasteiger partial charge < -0.3 is 20.9 Å². The summed E-state index contributed by atoms with van der Waals surface area (Å²) < 4.78 is 4.97. The summed E-state index contributed by atoms with van der Waals surface area (Å²) in [7, 11) is 0. The SMILES string of the molecule is Cc1cc(NC(=O)c2cc(C3CC3NC3CCC(N)CC3)cs2)no1. The van der Waals surface area contributed by atoms with Crippen molar-refractivity contribution in [2.45, 2.75) is 63.1 Å². The highest BCUT2D eigenvalue weighted by atomic mass is 32.1. The minimum atomic E-state index is -0.129. The fourth-order valence-corrected chi connectivity index (χ4v) is 4.47. The van der Waals surface area contributed by atoms with E-state index in [1.54, 1.807) is 13.0 Å². The third-order valence-electron chi connectivity index (χ3n) is 5.15. The fraction of sp³-hybridized carbons (Fsp3) is 0.556. The van der Waals surface area contributed by atoms with Gasteiger partial charge in [-0.1, -0.05) is 5.16 Å². The maximum Gasteiger partial charge on any atom is 0.266 e. The molecule has 2 atom stereocenters. The molecule has 4 N–H and O–H groups in total. The van der Waals surface area contributed by atoms with E-state index in [2.05, 4.69) is 21.2 Å². The van der Waals surface area contributed by atoms with Gasteiger partial charge in [-0.15, -0.1) is 11.3 Å². The van der Waals surface area contributed by atoms with Crippen molar-refractivity contribution in [2.75, 3.05) is 5.32 Å². The van der Waals surface area contributed by atoms with E-state index in [1.165, 1.54) is 29.7 Å². The average molecular weight is 360 g/mol. The van der Waals surface area contributed by atoms with E-state index >= 15 is 0 Å². The molecular weight excluding hydrogens is 336 g/mol. The van der Waals surface area contributed by atoms with Crippen molar-refractivity contribution >= 4 is 23.1 Å². The Hall–Kier alpha value is -1.70. The Labute approximate surface area is 151 Å². The molecule has 2 heterocycles. The molecule has 0 aliphatic heterocycles. The van der Waals surface area contributed by atoms with Crippen LogP contribution in [0, 0.1) is 6.92 Å². The molecule has 0 saturated heterocycles. The van der Waals surface area contributed by atoms with Gasteiger partial charge in [0.15, 0.2) is 5.82 Å². The van der Waals surface area contributed by atoms with Gasteiger partial charge in [0.1, 0.15) is 5.76 Å². The Morgan fingerprint density at radius 3 is 2.84 bits per heavy atom. The third-order valence-corrected chi connectivity index (χ3v) is 6.10. The summed E-state index contributed by atoms with van der Waals surface area (Å²) in [6.45, 7) is 1.80. The molecule has 2 saturated carbocycles. The van der Waals surface area contributed by atoms with E-state index in [4.69, 9.17) is 10.3 Å². The van der Waals surface area contributed by atoms with Crippen LogP contribution in [0.1, 0.15) is 59.0 Å². The second-order valence-electron chi connectivity index (χ2n) is 7.25. The zero-order chi connectivity index (χ0) is 17.4. The largest absolute Gasteiger partial charge is 0.360 e. The second-order valence-corrected chi connectivity index (χ2v) is 8.16. The highest BCUT2D eigenvalue weighted by molar-refractivity contribution is 7.12. The van der Waals surface area contributed by atoms with Gasteiger partial charge in [-0.05, 0) is 56.0 Å². The highest BCUT2D eigenvalue weighted by Crippen LogP contribution is 2.43. The van der Waals surface area contributed by atoms with Gasteiger partial charge in [-0.3, -0.25) is 4.79 Å². The van der Waals surface area contributed by atoms with Crippen molar-refractivity contribution in [2.24, 2.45) is 5.73 Å². The lowest BCUT2D eigenvalue weighted by Crippen LogP contribution is -2.38. The quantitative estimate of drug-likeness (QED) is 0.762. The number of aromatic nitrogens is 1. The molecule has 0 aromatic carbocycles. The number of nitrogens with one attached hydrogen (secondary N) is 2. The molecule has 134 valence electrons. The van der Waals surface area contributed by atoms with Gasteiger partial charge in [0.2, 0.25) is 0 Å². The van der Waals surface area contributed by atoms with Crippen LogP contribution in [-0.2, 0) is 0 Å². The summed E-state index contributed by atoms with van der Waals surface area (Å²) >= 11 is 1.49. The van der Waals surface area contributed by atoms with Crippen molar-refractivity contribution < 1.29 is 9.32 Å². The Morgan fingerprint density at radius 1 is 1.32 bits per heavy atom. The minimum Gasteiger partial charge on any atom is -0.360 e. The Bertz CT molecular complexity index is 748. The zero-order valence-electron chi connectivity index (χ0n) is 14.3. The molecule has 25 heavy (non-hydrogen) atoms. The first-order chi connectivity index (χ1) is 12.1. The number of amides is 1. The number of nitrogens with two attached hydrogens (primary N) is 1. The molecule has 7 heteroatoms. The number of carbonyl (C=O) groups excluding carboxylic acids is 1. The lowest BCUT2D eigenvalue weighted by molar-refractivity contribution is 0.102. The molecule has 6 nitrogen and oxygen atoms in total. The van der Waals surface area contributed by atoms with Crippen molar-refractivity contribution in [1.82, 2.24) is 10.5 Å². The number of nitrogens with zero attached hydrogens (tertiary/aromatic N) is 1. The molecule has 0 spiro atoms.